The fourth-order valence-corrected chi connectivity index (χ4v) is 3.15. The molecule has 16 heavy (non-hydrogen) atoms. The molecule has 3 nitrogen and oxygen atoms in total. The number of aromatic nitrogens is 1. The summed E-state index contributed by atoms with van der Waals surface area (Å²) in [6.45, 7) is 0.804. The second-order valence-corrected chi connectivity index (χ2v) is 5.26. The number of likely N-dealkylation sites (tertiary alicyclic amines) is 1. The number of para-hydroxylation sites is 1. The highest BCUT2D eigenvalue weighted by atomic mass is 32.1. The van der Waals surface area contributed by atoms with Gasteiger partial charge in [0, 0.05) is 25.9 Å². The van der Waals surface area contributed by atoms with Gasteiger partial charge < -0.3 is 4.90 Å². The molecule has 0 N–H and O–H groups in total. The Bertz CT molecular complexity index is 516. The molecule has 1 aromatic heterocycles. The number of carbonyl (C=O) groups excluding carboxylic acids is 1. The van der Waals surface area contributed by atoms with Gasteiger partial charge in [0.25, 0.3) is 0 Å². The lowest BCUT2D eigenvalue weighted by Gasteiger charge is -2.06. The topological polar surface area (TPSA) is 33.2 Å². The molecule has 0 saturated carbocycles. The van der Waals surface area contributed by atoms with Gasteiger partial charge in [-0.05, 0) is 12.1 Å². The van der Waals surface area contributed by atoms with Crippen molar-refractivity contribution in [2.45, 2.75) is 12.3 Å². The average molecular weight is 232 g/mol. The Labute approximate surface area is 97.7 Å². The molecular formula is C12H12N2OS. The molecule has 1 fully saturated rings. The van der Waals surface area contributed by atoms with Gasteiger partial charge in [0.05, 0.1) is 15.2 Å². The summed E-state index contributed by atoms with van der Waals surface area (Å²) < 4.78 is 1.21. The predicted octanol–water partition coefficient (Wildman–Crippen LogP) is 2.24. The number of carbonyl (C=O) groups is 1. The predicted molar refractivity (Wildman–Crippen MR) is 64.6 cm³/mol. The summed E-state index contributed by atoms with van der Waals surface area (Å²) in [5.41, 5.74) is 1.05. The van der Waals surface area contributed by atoms with Crippen molar-refractivity contribution in [1.82, 2.24) is 9.88 Å². The van der Waals surface area contributed by atoms with Crippen molar-refractivity contribution < 1.29 is 4.79 Å². The lowest BCUT2D eigenvalue weighted by molar-refractivity contribution is -0.126. The van der Waals surface area contributed by atoms with Crippen molar-refractivity contribution in [3.05, 3.63) is 29.3 Å². The molecule has 0 aliphatic carbocycles. The molecule has 0 spiro atoms. The molecule has 2 heterocycles. The molecule has 1 aliphatic rings. The molecule has 1 atom stereocenters. The Kier molecular flexibility index (Phi) is 2.17. The quantitative estimate of drug-likeness (QED) is 0.755. The monoisotopic (exact) mass is 232 g/mol. The number of amides is 1. The Morgan fingerprint density at radius 1 is 1.44 bits per heavy atom. The van der Waals surface area contributed by atoms with E-state index >= 15 is 0 Å². The van der Waals surface area contributed by atoms with Crippen LogP contribution in [0.25, 0.3) is 10.2 Å². The third-order valence-electron chi connectivity index (χ3n) is 3.00. The van der Waals surface area contributed by atoms with Gasteiger partial charge in [-0.2, -0.15) is 0 Å². The summed E-state index contributed by atoms with van der Waals surface area (Å²) >= 11 is 1.71. The van der Waals surface area contributed by atoms with E-state index in [0.29, 0.717) is 6.42 Å². The minimum Gasteiger partial charge on any atom is -0.345 e. The van der Waals surface area contributed by atoms with Crippen LogP contribution < -0.4 is 0 Å². The third-order valence-corrected chi connectivity index (χ3v) is 4.20. The van der Waals surface area contributed by atoms with Crippen molar-refractivity contribution in [2.24, 2.45) is 0 Å². The summed E-state index contributed by atoms with van der Waals surface area (Å²) in [6, 6.07) is 8.13. The molecule has 1 amide bonds. The highest BCUT2D eigenvalue weighted by Gasteiger charge is 2.30. The van der Waals surface area contributed by atoms with Crippen LogP contribution in [0, 0.1) is 0 Å². The number of hydrogen-bond acceptors (Lipinski definition) is 3. The van der Waals surface area contributed by atoms with Gasteiger partial charge in [-0.1, -0.05) is 12.1 Å². The van der Waals surface area contributed by atoms with E-state index in [1.807, 2.05) is 25.2 Å². The SMILES string of the molecule is CN1CC(c2nc3ccccc3s2)CC1=O. The number of likely N-dealkylation sites (N-methyl/N-ethyl adjacent to an activating group) is 1. The second kappa shape index (κ2) is 3.56. The Morgan fingerprint density at radius 3 is 2.94 bits per heavy atom. The average Bonchev–Trinajstić information content (AvgIpc) is 2.83. The van der Waals surface area contributed by atoms with Crippen molar-refractivity contribution in [1.29, 1.82) is 0 Å². The third kappa shape index (κ3) is 1.50. The van der Waals surface area contributed by atoms with E-state index in [2.05, 4.69) is 11.1 Å². The van der Waals surface area contributed by atoms with Gasteiger partial charge in [0.15, 0.2) is 0 Å². The van der Waals surface area contributed by atoms with E-state index in [9.17, 15) is 4.79 Å². The van der Waals surface area contributed by atoms with Crippen molar-refractivity contribution >= 4 is 27.5 Å². The molecular weight excluding hydrogens is 220 g/mol. The molecule has 1 saturated heterocycles. The largest absolute Gasteiger partial charge is 0.345 e. The molecule has 4 heteroatoms. The summed E-state index contributed by atoms with van der Waals surface area (Å²) in [4.78, 5) is 17.9. The Morgan fingerprint density at radius 2 is 2.25 bits per heavy atom. The molecule has 3 rings (SSSR count). The van der Waals surface area contributed by atoms with Crippen molar-refractivity contribution in [3.8, 4) is 0 Å². The summed E-state index contributed by atoms with van der Waals surface area (Å²) in [5.74, 6) is 0.513. The first-order valence-corrected chi connectivity index (χ1v) is 6.15. The number of thiazole rings is 1. The molecule has 0 radical (unpaired) electrons. The molecule has 1 aliphatic heterocycles. The lowest BCUT2D eigenvalue weighted by Crippen LogP contribution is -2.18. The van der Waals surface area contributed by atoms with Crippen LogP contribution in [0.1, 0.15) is 17.3 Å². The zero-order valence-corrected chi connectivity index (χ0v) is 9.83. The van der Waals surface area contributed by atoms with Crippen LogP contribution in [0.5, 0.6) is 0 Å². The van der Waals surface area contributed by atoms with E-state index in [4.69, 9.17) is 0 Å². The molecule has 82 valence electrons. The lowest BCUT2D eigenvalue weighted by atomic mass is 10.1. The molecule has 1 unspecified atom stereocenters. The number of benzene rings is 1. The van der Waals surface area contributed by atoms with E-state index in [0.717, 1.165) is 17.1 Å². The standard InChI is InChI=1S/C12H12N2OS/c1-14-7-8(6-11(14)15)12-13-9-4-2-3-5-10(9)16-12/h2-5,8H,6-7H2,1H3. The van der Waals surface area contributed by atoms with Crippen molar-refractivity contribution in [2.75, 3.05) is 13.6 Å². The summed E-state index contributed by atoms with van der Waals surface area (Å²) in [6.07, 6.45) is 0.607. The molecule has 0 bridgehead atoms. The van der Waals surface area contributed by atoms with E-state index < -0.39 is 0 Å². The van der Waals surface area contributed by atoms with E-state index in [-0.39, 0.29) is 11.8 Å². The van der Waals surface area contributed by atoms with Crippen LogP contribution in [0.4, 0.5) is 0 Å². The number of fused-ring (bicyclic) bond motifs is 1. The van der Waals surface area contributed by atoms with Gasteiger partial charge in [0.2, 0.25) is 5.91 Å². The maximum absolute atomic E-state index is 11.5. The zero-order valence-electron chi connectivity index (χ0n) is 9.01. The summed E-state index contributed by atoms with van der Waals surface area (Å²) in [5, 5.41) is 1.10. The first kappa shape index (κ1) is 9.78. The van der Waals surface area contributed by atoms with Crippen molar-refractivity contribution in [3.63, 3.8) is 0 Å². The number of rotatable bonds is 1. The smallest absolute Gasteiger partial charge is 0.223 e. The normalized spacial score (nSPS) is 20.9. The van der Waals surface area contributed by atoms with Crippen LogP contribution in [0.2, 0.25) is 0 Å². The number of hydrogen-bond donors (Lipinski definition) is 0. The fourth-order valence-electron chi connectivity index (χ4n) is 2.09. The first-order chi connectivity index (χ1) is 7.74. The van der Waals surface area contributed by atoms with E-state index in [1.54, 1.807) is 16.2 Å². The second-order valence-electron chi connectivity index (χ2n) is 4.20. The highest BCUT2D eigenvalue weighted by molar-refractivity contribution is 7.18. The van der Waals surface area contributed by atoms with Gasteiger partial charge >= 0.3 is 0 Å². The van der Waals surface area contributed by atoms with Gasteiger partial charge in [-0.3, -0.25) is 4.79 Å². The minimum absolute atomic E-state index is 0.226. The molecule has 1 aromatic carbocycles. The van der Waals surface area contributed by atoms with Gasteiger partial charge in [-0.25, -0.2) is 4.98 Å². The van der Waals surface area contributed by atoms with Crippen LogP contribution in [0.15, 0.2) is 24.3 Å². The summed E-state index contributed by atoms with van der Waals surface area (Å²) in [7, 11) is 1.86. The maximum Gasteiger partial charge on any atom is 0.223 e. The molecule has 2 aromatic rings. The Balaban J connectivity index is 1.98. The highest BCUT2D eigenvalue weighted by Crippen LogP contribution is 2.32. The van der Waals surface area contributed by atoms with Gasteiger partial charge in [0.1, 0.15) is 0 Å². The van der Waals surface area contributed by atoms with Gasteiger partial charge in [-0.15, -0.1) is 11.3 Å². The van der Waals surface area contributed by atoms with E-state index in [1.165, 1.54) is 4.70 Å². The fraction of sp³-hybridized carbons (Fsp3) is 0.333. The van der Waals surface area contributed by atoms with Crippen LogP contribution in [0.3, 0.4) is 0 Å². The van der Waals surface area contributed by atoms with Crippen LogP contribution in [-0.2, 0) is 4.79 Å². The maximum atomic E-state index is 11.5. The zero-order chi connectivity index (χ0) is 11.1. The van der Waals surface area contributed by atoms with Crippen LogP contribution in [-0.4, -0.2) is 29.4 Å². The number of nitrogens with zero attached hydrogens (tertiary/aromatic N) is 2. The Hall–Kier alpha value is -1.42. The minimum atomic E-state index is 0.226. The first-order valence-electron chi connectivity index (χ1n) is 5.33. The van der Waals surface area contributed by atoms with Crippen LogP contribution >= 0.6 is 11.3 Å².